The zero-order chi connectivity index (χ0) is 25.5. The number of benzene rings is 1. The Kier molecular flexibility index (Phi) is 6.68. The molecule has 2 aromatic heterocycles. The molecule has 0 bridgehead atoms. The molecule has 2 aliphatic rings. The standard InChI is InChI=1S/C22H23F4N5O3S2/c23-16-10-15-13(3-7-34-19(15)11-20(16)36(32,33)30-21-27-5-8-35-21)12-31-6-2-14(22(24,25)26)9-18(31)17-1-4-28-29-17/h1,4-5,8,10-11,13-14,18H,2-3,6-7,9,12H2,(H,27,30)(H,28,29)/t13-,14-,18+/m0/s1. The van der Waals surface area contributed by atoms with E-state index in [0.29, 0.717) is 24.2 Å². The topological polar surface area (TPSA) is 100 Å². The lowest BCUT2D eigenvalue weighted by atomic mass is 9.86. The zero-order valence-electron chi connectivity index (χ0n) is 18.8. The van der Waals surface area contributed by atoms with Crippen molar-refractivity contribution < 1.29 is 30.7 Å². The molecule has 0 spiro atoms. The first-order chi connectivity index (χ1) is 17.1. The molecule has 2 N–H and O–H groups in total. The van der Waals surface area contributed by atoms with E-state index in [1.165, 1.54) is 12.4 Å². The second kappa shape index (κ2) is 9.63. The largest absolute Gasteiger partial charge is 0.493 e. The van der Waals surface area contributed by atoms with Gasteiger partial charge >= 0.3 is 6.18 Å². The van der Waals surface area contributed by atoms with Gasteiger partial charge in [0.15, 0.2) is 5.13 Å². The van der Waals surface area contributed by atoms with Gasteiger partial charge in [-0.2, -0.15) is 18.3 Å². The van der Waals surface area contributed by atoms with Gasteiger partial charge in [-0.1, -0.05) is 0 Å². The van der Waals surface area contributed by atoms with E-state index in [9.17, 15) is 21.6 Å². The van der Waals surface area contributed by atoms with Gasteiger partial charge in [0, 0.05) is 41.9 Å². The fraction of sp³-hybridized carbons (Fsp3) is 0.455. The first-order valence-corrected chi connectivity index (χ1v) is 13.7. The first kappa shape index (κ1) is 25.0. The number of nitrogens with zero attached hydrogens (tertiary/aromatic N) is 3. The highest BCUT2D eigenvalue weighted by atomic mass is 32.2. The van der Waals surface area contributed by atoms with E-state index in [4.69, 9.17) is 4.74 Å². The molecule has 3 atom stereocenters. The highest BCUT2D eigenvalue weighted by molar-refractivity contribution is 7.93. The minimum atomic E-state index is -4.28. The molecule has 194 valence electrons. The number of hydrogen-bond acceptors (Lipinski definition) is 7. The maximum absolute atomic E-state index is 15.1. The number of rotatable bonds is 6. The normalized spacial score (nSPS) is 23.2. The van der Waals surface area contributed by atoms with Crippen molar-refractivity contribution in [3.63, 3.8) is 0 Å². The molecule has 2 aliphatic heterocycles. The van der Waals surface area contributed by atoms with Crippen LogP contribution >= 0.6 is 11.3 Å². The van der Waals surface area contributed by atoms with Gasteiger partial charge in [0.25, 0.3) is 10.0 Å². The Morgan fingerprint density at radius 1 is 1.25 bits per heavy atom. The Hall–Kier alpha value is -2.71. The number of aromatic amines is 1. The number of H-pyrrole nitrogens is 1. The summed E-state index contributed by atoms with van der Waals surface area (Å²) in [5, 5.41) is 8.39. The second-order valence-corrected chi connectivity index (χ2v) is 11.4. The third-order valence-corrected chi connectivity index (χ3v) is 8.86. The predicted molar refractivity (Wildman–Crippen MR) is 124 cm³/mol. The molecule has 4 heterocycles. The Bertz CT molecular complexity index is 1300. The first-order valence-electron chi connectivity index (χ1n) is 11.3. The van der Waals surface area contributed by atoms with Crippen LogP contribution in [0.1, 0.15) is 42.5 Å². The van der Waals surface area contributed by atoms with Crippen LogP contribution in [-0.2, 0) is 10.0 Å². The average molecular weight is 546 g/mol. The van der Waals surface area contributed by atoms with Gasteiger partial charge in [0.05, 0.1) is 24.3 Å². The van der Waals surface area contributed by atoms with Crippen molar-refractivity contribution in [1.29, 1.82) is 0 Å². The second-order valence-electron chi connectivity index (χ2n) is 8.88. The number of likely N-dealkylation sites (tertiary alicyclic amines) is 1. The van der Waals surface area contributed by atoms with Gasteiger partial charge in [-0.3, -0.25) is 14.7 Å². The highest BCUT2D eigenvalue weighted by Gasteiger charge is 2.45. The summed E-state index contributed by atoms with van der Waals surface area (Å²) in [4.78, 5) is 5.26. The van der Waals surface area contributed by atoms with E-state index in [1.807, 2.05) is 4.90 Å². The third-order valence-electron chi connectivity index (χ3n) is 6.68. The number of hydrogen-bond donors (Lipinski definition) is 2. The van der Waals surface area contributed by atoms with Crippen molar-refractivity contribution in [1.82, 2.24) is 20.1 Å². The quantitative estimate of drug-likeness (QED) is 0.436. The van der Waals surface area contributed by atoms with E-state index >= 15 is 4.39 Å². The predicted octanol–water partition coefficient (Wildman–Crippen LogP) is 4.69. The zero-order valence-corrected chi connectivity index (χ0v) is 20.5. The molecule has 0 amide bonds. The van der Waals surface area contributed by atoms with Gasteiger partial charge in [0.1, 0.15) is 16.5 Å². The van der Waals surface area contributed by atoms with Gasteiger partial charge in [0.2, 0.25) is 0 Å². The van der Waals surface area contributed by atoms with E-state index in [1.54, 1.807) is 11.4 Å². The summed E-state index contributed by atoms with van der Waals surface area (Å²) in [6, 6.07) is 3.46. The molecule has 36 heavy (non-hydrogen) atoms. The maximum Gasteiger partial charge on any atom is 0.391 e. The van der Waals surface area contributed by atoms with Crippen molar-refractivity contribution in [2.24, 2.45) is 5.92 Å². The molecule has 1 fully saturated rings. The summed E-state index contributed by atoms with van der Waals surface area (Å²) in [5.41, 5.74) is 1.09. The van der Waals surface area contributed by atoms with Gasteiger partial charge in [-0.25, -0.2) is 17.8 Å². The SMILES string of the molecule is O=S(=O)(Nc1nccs1)c1cc2c(cc1F)[C@H](CN1CC[C@H](C(F)(F)F)C[C@@H]1c1ccn[nH]1)CCO2. The lowest BCUT2D eigenvalue weighted by Gasteiger charge is -2.41. The maximum atomic E-state index is 15.1. The molecular formula is C22H23F4N5O3S2. The van der Waals surface area contributed by atoms with Crippen molar-refractivity contribution in [3.05, 3.63) is 53.0 Å². The van der Waals surface area contributed by atoms with Crippen LogP contribution in [-0.4, -0.2) is 54.4 Å². The van der Waals surface area contributed by atoms with E-state index in [2.05, 4.69) is 19.9 Å². The molecule has 3 aromatic rings. The Morgan fingerprint density at radius 2 is 2.08 bits per heavy atom. The molecule has 0 unspecified atom stereocenters. The number of ether oxygens (including phenoxy) is 1. The summed E-state index contributed by atoms with van der Waals surface area (Å²) >= 11 is 1.06. The van der Waals surface area contributed by atoms with Crippen LogP contribution in [0.3, 0.4) is 0 Å². The number of halogens is 4. The number of sulfonamides is 1. The Labute approximate surface area is 208 Å². The Morgan fingerprint density at radius 3 is 2.78 bits per heavy atom. The summed E-state index contributed by atoms with van der Waals surface area (Å²) in [6.07, 6.45) is -0.967. The van der Waals surface area contributed by atoms with E-state index in [-0.39, 0.29) is 42.8 Å². The lowest BCUT2D eigenvalue weighted by Crippen LogP contribution is -2.43. The molecule has 14 heteroatoms. The number of alkyl halides is 3. The minimum absolute atomic E-state index is 0.0296. The molecule has 0 aliphatic carbocycles. The van der Waals surface area contributed by atoms with Gasteiger partial charge in [-0.05, 0) is 37.9 Å². The van der Waals surface area contributed by atoms with Crippen molar-refractivity contribution in [2.45, 2.75) is 42.3 Å². The molecule has 1 aromatic carbocycles. The molecule has 0 saturated carbocycles. The number of fused-ring (bicyclic) bond motifs is 1. The van der Waals surface area contributed by atoms with Crippen LogP contribution in [0.25, 0.3) is 0 Å². The summed E-state index contributed by atoms with van der Waals surface area (Å²) in [7, 11) is -4.24. The number of thiazole rings is 1. The number of aromatic nitrogens is 3. The number of piperidine rings is 1. The fourth-order valence-corrected chi connectivity index (χ4v) is 6.75. The van der Waals surface area contributed by atoms with Gasteiger partial charge in [-0.15, -0.1) is 11.3 Å². The summed E-state index contributed by atoms with van der Waals surface area (Å²) in [5.74, 6) is -2.36. The fourth-order valence-electron chi connectivity index (χ4n) is 4.89. The molecule has 0 radical (unpaired) electrons. The van der Waals surface area contributed by atoms with Crippen LogP contribution in [0, 0.1) is 11.7 Å². The molecule has 5 rings (SSSR count). The monoisotopic (exact) mass is 545 g/mol. The minimum Gasteiger partial charge on any atom is -0.493 e. The molecular weight excluding hydrogens is 522 g/mol. The molecule has 8 nitrogen and oxygen atoms in total. The summed E-state index contributed by atoms with van der Waals surface area (Å²) in [6.45, 7) is 0.858. The molecule has 1 saturated heterocycles. The Balaban J connectivity index is 1.40. The third kappa shape index (κ3) is 5.06. The van der Waals surface area contributed by atoms with E-state index in [0.717, 1.165) is 23.5 Å². The summed E-state index contributed by atoms with van der Waals surface area (Å²) < 4.78 is 88.9. The van der Waals surface area contributed by atoms with E-state index < -0.39 is 38.9 Å². The van der Waals surface area contributed by atoms with Crippen LogP contribution in [0.15, 0.2) is 40.9 Å². The van der Waals surface area contributed by atoms with Crippen molar-refractivity contribution in [2.75, 3.05) is 24.4 Å². The average Bonchev–Trinajstić information content (AvgIpc) is 3.53. The smallest absolute Gasteiger partial charge is 0.391 e. The van der Waals surface area contributed by atoms with Crippen LogP contribution < -0.4 is 9.46 Å². The van der Waals surface area contributed by atoms with Crippen LogP contribution in [0.2, 0.25) is 0 Å². The lowest BCUT2D eigenvalue weighted by molar-refractivity contribution is -0.190. The number of anilines is 1. The number of nitrogens with one attached hydrogen (secondary N) is 2. The van der Waals surface area contributed by atoms with Gasteiger partial charge < -0.3 is 4.74 Å². The highest BCUT2D eigenvalue weighted by Crippen LogP contribution is 2.44. The van der Waals surface area contributed by atoms with Crippen molar-refractivity contribution >= 4 is 26.5 Å². The van der Waals surface area contributed by atoms with Crippen LogP contribution in [0.5, 0.6) is 5.75 Å². The van der Waals surface area contributed by atoms with Crippen molar-refractivity contribution in [3.8, 4) is 5.75 Å². The van der Waals surface area contributed by atoms with Crippen LogP contribution in [0.4, 0.5) is 22.7 Å².